The quantitative estimate of drug-likeness (QED) is 0.138. The summed E-state index contributed by atoms with van der Waals surface area (Å²) < 4.78 is 11.7. The maximum atomic E-state index is 13.5. The van der Waals surface area contributed by atoms with Crippen molar-refractivity contribution in [3.63, 3.8) is 0 Å². The minimum absolute atomic E-state index is 0.0690. The number of benzene rings is 1. The van der Waals surface area contributed by atoms with Crippen molar-refractivity contribution in [2.45, 2.75) is 52.1 Å². The zero-order valence-corrected chi connectivity index (χ0v) is 25.0. The van der Waals surface area contributed by atoms with Crippen molar-refractivity contribution in [2.24, 2.45) is 0 Å². The Kier molecular flexibility index (Phi) is 12.7. The Hall–Kier alpha value is -4.97. The zero-order valence-electron chi connectivity index (χ0n) is 25.0. The van der Waals surface area contributed by atoms with Gasteiger partial charge in [-0.1, -0.05) is 37.6 Å². The third-order valence-electron chi connectivity index (χ3n) is 6.75. The van der Waals surface area contributed by atoms with Crippen LogP contribution in [-0.4, -0.2) is 92.2 Å². The summed E-state index contributed by atoms with van der Waals surface area (Å²) in [5.74, 6) is -1.74. The lowest BCUT2D eigenvalue weighted by molar-refractivity contribution is -0.141. The maximum Gasteiger partial charge on any atom is 0.327 e. The van der Waals surface area contributed by atoms with Crippen molar-refractivity contribution in [3.8, 4) is 12.1 Å². The molecule has 1 amide bonds. The number of esters is 1. The predicted molar refractivity (Wildman–Crippen MR) is 159 cm³/mol. The lowest BCUT2D eigenvalue weighted by atomic mass is 10.1. The van der Waals surface area contributed by atoms with Crippen LogP contribution in [0, 0.1) is 11.3 Å². The van der Waals surface area contributed by atoms with Gasteiger partial charge in [-0.25, -0.2) is 4.79 Å². The standard InChI is InChI=1S/C29H38N8O7/c1-3-4-15-44-28-33-26(31)25-27(34-28)37(29(42)32-25)14-6-13-36(22(38)18-35(12-5-11-30)19-23(39)40)17-21-9-7-20(8-10-21)16-24(41)43-2/h7-10H,3-6,12-19H2,1-2H3,(H,32,42)(H,39,40)(H2,31,33,34). The highest BCUT2D eigenvalue weighted by Crippen LogP contribution is 2.18. The van der Waals surface area contributed by atoms with E-state index in [1.807, 2.05) is 13.0 Å². The highest BCUT2D eigenvalue weighted by molar-refractivity contribution is 5.82. The third-order valence-corrected chi connectivity index (χ3v) is 6.75. The highest BCUT2D eigenvalue weighted by atomic mass is 16.5. The number of carbonyl (C=O) groups is 3. The second-order valence-electron chi connectivity index (χ2n) is 10.1. The number of anilines is 1. The van der Waals surface area contributed by atoms with Crippen LogP contribution >= 0.6 is 0 Å². The number of hydrogen-bond acceptors (Lipinski definition) is 11. The Morgan fingerprint density at radius 2 is 1.84 bits per heavy atom. The Balaban J connectivity index is 1.79. The van der Waals surface area contributed by atoms with Crippen LogP contribution in [0.4, 0.5) is 5.82 Å². The van der Waals surface area contributed by atoms with Crippen LogP contribution in [0.15, 0.2) is 29.1 Å². The second kappa shape index (κ2) is 16.6. The number of carboxylic acid groups (broad SMARTS) is 1. The number of aromatic nitrogens is 4. The lowest BCUT2D eigenvalue weighted by Crippen LogP contribution is -2.43. The number of aliphatic carboxylic acids is 1. The molecular formula is C29H38N8O7. The van der Waals surface area contributed by atoms with Gasteiger partial charge in [0.1, 0.15) is 5.52 Å². The van der Waals surface area contributed by atoms with E-state index < -0.39 is 18.2 Å². The number of amides is 1. The van der Waals surface area contributed by atoms with Crippen molar-refractivity contribution in [2.75, 3.05) is 45.6 Å². The van der Waals surface area contributed by atoms with Gasteiger partial charge >= 0.3 is 23.6 Å². The van der Waals surface area contributed by atoms with Crippen LogP contribution in [-0.2, 0) is 38.6 Å². The predicted octanol–water partition coefficient (Wildman–Crippen LogP) is 1.32. The number of nitrogens with zero attached hydrogens (tertiary/aromatic N) is 6. The van der Waals surface area contributed by atoms with Crippen molar-refractivity contribution in [1.29, 1.82) is 5.26 Å². The second-order valence-corrected chi connectivity index (χ2v) is 10.1. The van der Waals surface area contributed by atoms with Crippen molar-refractivity contribution in [3.05, 3.63) is 45.9 Å². The summed E-state index contributed by atoms with van der Waals surface area (Å²) in [5.41, 5.74) is 7.73. The van der Waals surface area contributed by atoms with E-state index in [-0.39, 0.29) is 74.9 Å². The molecule has 0 radical (unpaired) electrons. The fourth-order valence-electron chi connectivity index (χ4n) is 4.45. The molecule has 0 saturated heterocycles. The van der Waals surface area contributed by atoms with Gasteiger partial charge in [-0.15, -0.1) is 0 Å². The first-order valence-electron chi connectivity index (χ1n) is 14.3. The third kappa shape index (κ3) is 9.80. The Labute approximate surface area is 254 Å². The molecule has 0 atom stereocenters. The number of fused-ring (bicyclic) bond motifs is 1. The van der Waals surface area contributed by atoms with Crippen LogP contribution in [0.5, 0.6) is 6.01 Å². The number of methoxy groups -OCH3 is 1. The molecule has 0 spiro atoms. The normalized spacial score (nSPS) is 11.0. The zero-order chi connectivity index (χ0) is 32.1. The topological polar surface area (TPSA) is 210 Å². The summed E-state index contributed by atoms with van der Waals surface area (Å²) >= 11 is 0. The minimum atomic E-state index is -1.11. The SMILES string of the molecule is CCCCOc1nc(N)c2[nH]c(=O)n(CCCN(Cc3ccc(CC(=O)OC)cc3)C(=O)CN(CCC#N)CC(=O)O)c2n1. The molecule has 0 aliphatic rings. The van der Waals surface area contributed by atoms with Crippen LogP contribution in [0.2, 0.25) is 0 Å². The molecule has 2 aromatic heterocycles. The molecular weight excluding hydrogens is 572 g/mol. The number of carbonyl (C=O) groups excluding carboxylic acids is 2. The van der Waals surface area contributed by atoms with E-state index >= 15 is 0 Å². The molecule has 15 heteroatoms. The number of nitriles is 1. The fraction of sp³-hybridized carbons (Fsp3) is 0.483. The molecule has 0 bridgehead atoms. The van der Waals surface area contributed by atoms with Crippen molar-refractivity contribution in [1.82, 2.24) is 29.3 Å². The Morgan fingerprint density at radius 1 is 1.11 bits per heavy atom. The molecule has 0 aliphatic carbocycles. The molecule has 2 heterocycles. The first-order chi connectivity index (χ1) is 21.1. The maximum absolute atomic E-state index is 13.5. The minimum Gasteiger partial charge on any atom is -0.480 e. The highest BCUT2D eigenvalue weighted by Gasteiger charge is 2.21. The van der Waals surface area contributed by atoms with Gasteiger partial charge in [0, 0.05) is 32.6 Å². The number of imidazole rings is 1. The number of hydrogen-bond donors (Lipinski definition) is 3. The number of nitrogens with one attached hydrogen (secondary N) is 1. The number of nitrogens with two attached hydrogens (primary N) is 1. The number of H-pyrrole nitrogens is 1. The van der Waals surface area contributed by atoms with E-state index in [0.717, 1.165) is 24.0 Å². The van der Waals surface area contributed by atoms with Gasteiger partial charge in [0.25, 0.3) is 0 Å². The summed E-state index contributed by atoms with van der Waals surface area (Å²) in [6.45, 7) is 2.57. The van der Waals surface area contributed by atoms with Crippen molar-refractivity contribution >= 4 is 34.8 Å². The average Bonchev–Trinajstić information content (AvgIpc) is 3.31. The molecule has 44 heavy (non-hydrogen) atoms. The van der Waals surface area contributed by atoms with Gasteiger partial charge in [-0.3, -0.25) is 23.9 Å². The Bertz CT molecular complexity index is 1530. The Morgan fingerprint density at radius 3 is 2.50 bits per heavy atom. The molecule has 15 nitrogen and oxygen atoms in total. The van der Waals surface area contributed by atoms with Crippen LogP contribution < -0.4 is 16.2 Å². The van der Waals surface area contributed by atoms with Gasteiger partial charge in [-0.05, 0) is 24.0 Å². The smallest absolute Gasteiger partial charge is 0.327 e. The largest absolute Gasteiger partial charge is 0.480 e. The van der Waals surface area contributed by atoms with E-state index in [2.05, 4.69) is 15.0 Å². The number of nitrogen functional groups attached to an aromatic ring is 1. The van der Waals surface area contributed by atoms with E-state index in [9.17, 15) is 24.3 Å². The molecule has 0 saturated carbocycles. The first kappa shape index (κ1) is 33.5. The summed E-state index contributed by atoms with van der Waals surface area (Å²) in [4.78, 5) is 63.4. The summed E-state index contributed by atoms with van der Waals surface area (Å²) in [6, 6.07) is 9.18. The van der Waals surface area contributed by atoms with Crippen molar-refractivity contribution < 1.29 is 29.0 Å². The van der Waals surface area contributed by atoms with E-state index in [4.69, 9.17) is 20.5 Å². The number of rotatable bonds is 18. The summed E-state index contributed by atoms with van der Waals surface area (Å²) in [6.07, 6.45) is 2.26. The van der Waals surface area contributed by atoms with Gasteiger partial charge in [0.15, 0.2) is 11.5 Å². The molecule has 4 N–H and O–H groups in total. The van der Waals surface area contributed by atoms with Gasteiger partial charge in [-0.2, -0.15) is 15.2 Å². The number of unbranched alkanes of at least 4 members (excludes halogenated alkanes) is 1. The van der Waals surface area contributed by atoms with E-state index in [1.165, 1.54) is 16.6 Å². The molecule has 0 fully saturated rings. The van der Waals surface area contributed by atoms with Gasteiger partial charge < -0.3 is 30.2 Å². The molecule has 1 aromatic carbocycles. The number of aromatic amines is 1. The summed E-state index contributed by atoms with van der Waals surface area (Å²) in [5, 5.41) is 18.3. The van der Waals surface area contributed by atoms with E-state index in [0.29, 0.717) is 18.5 Å². The lowest BCUT2D eigenvalue weighted by Gasteiger charge is -2.27. The molecule has 3 aromatic rings. The molecule has 3 rings (SSSR count). The summed E-state index contributed by atoms with van der Waals surface area (Å²) in [7, 11) is 1.32. The first-order valence-corrected chi connectivity index (χ1v) is 14.3. The van der Waals surface area contributed by atoms with E-state index in [1.54, 1.807) is 29.2 Å². The van der Waals surface area contributed by atoms with Gasteiger partial charge in [0.05, 0.1) is 39.3 Å². The monoisotopic (exact) mass is 610 g/mol. The van der Waals surface area contributed by atoms with Crippen LogP contribution in [0.1, 0.15) is 43.7 Å². The molecule has 0 aliphatic heterocycles. The average molecular weight is 611 g/mol. The number of carboxylic acids is 1. The van der Waals surface area contributed by atoms with Crippen LogP contribution in [0.3, 0.4) is 0 Å². The van der Waals surface area contributed by atoms with Gasteiger partial charge in [0.2, 0.25) is 5.91 Å². The molecule has 0 unspecified atom stereocenters. The fourth-order valence-corrected chi connectivity index (χ4v) is 4.45. The number of aryl methyl sites for hydroxylation is 1. The van der Waals surface area contributed by atoms with Crippen LogP contribution in [0.25, 0.3) is 11.2 Å². The molecule has 236 valence electrons. The number of ether oxygens (including phenoxy) is 2.